The summed E-state index contributed by atoms with van der Waals surface area (Å²) in [6.45, 7) is 4.33. The van der Waals surface area contributed by atoms with Gasteiger partial charge < -0.3 is 10.1 Å². The first kappa shape index (κ1) is 13.0. The molecule has 0 spiro atoms. The van der Waals surface area contributed by atoms with E-state index in [1.54, 1.807) is 18.2 Å². The van der Waals surface area contributed by atoms with Crippen molar-refractivity contribution in [2.24, 2.45) is 0 Å². The molecule has 1 unspecified atom stereocenters. The van der Waals surface area contributed by atoms with E-state index in [2.05, 4.69) is 5.32 Å². The second-order valence-corrected chi connectivity index (χ2v) is 4.44. The topological polar surface area (TPSA) is 41.6 Å². The average molecular weight is 252 g/mol. The minimum absolute atomic E-state index is 0.139. The van der Waals surface area contributed by atoms with Crippen LogP contribution in [-0.2, 0) is 9.53 Å². The Kier molecular flexibility index (Phi) is 4.28. The monoisotopic (exact) mass is 252 g/mol. The molecular weight excluding hydrogens is 235 g/mol. The molecule has 18 heavy (non-hydrogen) atoms. The van der Waals surface area contributed by atoms with Crippen LogP contribution in [0.4, 0.5) is 10.1 Å². The molecule has 4 nitrogen and oxygen atoms in total. The van der Waals surface area contributed by atoms with E-state index in [9.17, 15) is 9.18 Å². The van der Waals surface area contributed by atoms with Crippen molar-refractivity contribution in [1.29, 1.82) is 0 Å². The van der Waals surface area contributed by atoms with E-state index in [0.717, 1.165) is 13.1 Å². The molecule has 0 aromatic heterocycles. The van der Waals surface area contributed by atoms with Crippen molar-refractivity contribution in [3.8, 4) is 0 Å². The fraction of sp³-hybridized carbons (Fsp3) is 0.462. The number of nitrogens with zero attached hydrogens (tertiary/aromatic N) is 1. The van der Waals surface area contributed by atoms with Gasteiger partial charge in [0.25, 0.3) is 0 Å². The number of morpholine rings is 1. The highest BCUT2D eigenvalue weighted by molar-refractivity contribution is 5.92. The number of anilines is 1. The maximum atomic E-state index is 13.3. The molecule has 0 bridgehead atoms. The van der Waals surface area contributed by atoms with E-state index >= 15 is 0 Å². The summed E-state index contributed by atoms with van der Waals surface area (Å²) in [6.07, 6.45) is 0.139. The Hall–Kier alpha value is -1.46. The minimum atomic E-state index is -0.416. The lowest BCUT2D eigenvalue weighted by atomic mass is 10.3. The predicted molar refractivity (Wildman–Crippen MR) is 66.9 cm³/mol. The number of para-hydroxylation sites is 1. The van der Waals surface area contributed by atoms with Crippen LogP contribution in [0.5, 0.6) is 0 Å². The van der Waals surface area contributed by atoms with E-state index in [1.165, 1.54) is 6.07 Å². The zero-order valence-electron chi connectivity index (χ0n) is 10.4. The van der Waals surface area contributed by atoms with Gasteiger partial charge in [0.05, 0.1) is 24.9 Å². The molecule has 1 aliphatic heterocycles. The lowest BCUT2D eigenvalue weighted by Crippen LogP contribution is -2.44. The molecular formula is C13H17FN2O2. The number of benzene rings is 1. The highest BCUT2D eigenvalue weighted by Gasteiger charge is 2.19. The molecule has 1 heterocycles. The van der Waals surface area contributed by atoms with Gasteiger partial charge in [0.1, 0.15) is 5.82 Å². The van der Waals surface area contributed by atoms with E-state index in [-0.39, 0.29) is 24.2 Å². The van der Waals surface area contributed by atoms with Crippen molar-refractivity contribution in [3.63, 3.8) is 0 Å². The number of ether oxygens (including phenoxy) is 1. The highest BCUT2D eigenvalue weighted by atomic mass is 19.1. The summed E-state index contributed by atoms with van der Waals surface area (Å²) in [6, 6.07) is 6.16. The molecule has 1 aromatic rings. The Balaban J connectivity index is 1.87. The lowest BCUT2D eigenvalue weighted by Gasteiger charge is -2.30. The molecule has 1 atom stereocenters. The fourth-order valence-corrected chi connectivity index (χ4v) is 1.99. The van der Waals surface area contributed by atoms with Crippen molar-refractivity contribution >= 4 is 11.6 Å². The molecule has 1 N–H and O–H groups in total. The molecule has 0 aliphatic carbocycles. The van der Waals surface area contributed by atoms with Crippen molar-refractivity contribution in [2.45, 2.75) is 13.0 Å². The molecule has 1 aromatic carbocycles. The summed E-state index contributed by atoms with van der Waals surface area (Å²) < 4.78 is 18.7. The van der Waals surface area contributed by atoms with E-state index < -0.39 is 5.82 Å². The first-order chi connectivity index (χ1) is 8.65. The Bertz CT molecular complexity index is 425. The lowest BCUT2D eigenvalue weighted by molar-refractivity contribution is -0.119. The third-order valence-corrected chi connectivity index (χ3v) is 2.84. The zero-order valence-corrected chi connectivity index (χ0v) is 10.4. The summed E-state index contributed by atoms with van der Waals surface area (Å²) in [5.74, 6) is -0.615. The quantitative estimate of drug-likeness (QED) is 0.886. The van der Waals surface area contributed by atoms with Gasteiger partial charge in [0, 0.05) is 13.1 Å². The fourth-order valence-electron chi connectivity index (χ4n) is 1.99. The number of nitrogens with one attached hydrogen (secondary N) is 1. The summed E-state index contributed by atoms with van der Waals surface area (Å²) >= 11 is 0. The molecule has 98 valence electrons. The second kappa shape index (κ2) is 5.93. The summed E-state index contributed by atoms with van der Waals surface area (Å²) in [4.78, 5) is 13.8. The maximum Gasteiger partial charge on any atom is 0.238 e. The van der Waals surface area contributed by atoms with E-state index in [1.807, 2.05) is 11.8 Å². The first-order valence-corrected chi connectivity index (χ1v) is 6.03. The third kappa shape index (κ3) is 3.51. The Morgan fingerprint density at radius 2 is 2.33 bits per heavy atom. The van der Waals surface area contributed by atoms with Crippen LogP contribution in [0.15, 0.2) is 24.3 Å². The smallest absolute Gasteiger partial charge is 0.238 e. The number of rotatable bonds is 3. The van der Waals surface area contributed by atoms with Crippen LogP contribution in [0.25, 0.3) is 0 Å². The Labute approximate surface area is 106 Å². The number of carbonyl (C=O) groups is 1. The van der Waals surface area contributed by atoms with Gasteiger partial charge in [0.2, 0.25) is 5.91 Å². The predicted octanol–water partition coefficient (Wildman–Crippen LogP) is 1.48. The van der Waals surface area contributed by atoms with E-state index in [4.69, 9.17) is 4.74 Å². The van der Waals surface area contributed by atoms with Gasteiger partial charge in [-0.3, -0.25) is 9.69 Å². The van der Waals surface area contributed by atoms with Crippen LogP contribution < -0.4 is 5.32 Å². The molecule has 1 saturated heterocycles. The molecule has 0 saturated carbocycles. The largest absolute Gasteiger partial charge is 0.376 e. The molecule has 1 amide bonds. The highest BCUT2D eigenvalue weighted by Crippen LogP contribution is 2.12. The van der Waals surface area contributed by atoms with E-state index in [0.29, 0.717) is 6.61 Å². The van der Waals surface area contributed by atoms with Crippen LogP contribution in [0.1, 0.15) is 6.92 Å². The summed E-state index contributed by atoms with van der Waals surface area (Å²) in [7, 11) is 0. The van der Waals surface area contributed by atoms with Crippen molar-refractivity contribution < 1.29 is 13.9 Å². The molecule has 5 heteroatoms. The van der Waals surface area contributed by atoms with Crippen LogP contribution in [0, 0.1) is 5.82 Å². The normalized spacial score (nSPS) is 20.7. The molecule has 1 fully saturated rings. The number of hydrogen-bond donors (Lipinski definition) is 1. The first-order valence-electron chi connectivity index (χ1n) is 6.03. The van der Waals surface area contributed by atoms with Crippen molar-refractivity contribution in [2.75, 3.05) is 31.6 Å². The van der Waals surface area contributed by atoms with Crippen LogP contribution in [-0.4, -0.2) is 43.2 Å². The van der Waals surface area contributed by atoms with Crippen LogP contribution in [0.2, 0.25) is 0 Å². The number of halogens is 1. The van der Waals surface area contributed by atoms with Gasteiger partial charge in [0.15, 0.2) is 0 Å². The number of hydrogen-bond acceptors (Lipinski definition) is 3. The van der Waals surface area contributed by atoms with Gasteiger partial charge in [-0.25, -0.2) is 4.39 Å². The molecule has 1 aliphatic rings. The van der Waals surface area contributed by atoms with Gasteiger partial charge in [-0.05, 0) is 19.1 Å². The van der Waals surface area contributed by atoms with Crippen LogP contribution >= 0.6 is 0 Å². The Morgan fingerprint density at radius 1 is 1.56 bits per heavy atom. The van der Waals surface area contributed by atoms with Crippen molar-refractivity contribution in [3.05, 3.63) is 30.1 Å². The SMILES string of the molecule is CC1CN(CC(=O)Nc2ccccc2F)CCO1. The Morgan fingerprint density at radius 3 is 3.06 bits per heavy atom. The molecule has 2 rings (SSSR count). The maximum absolute atomic E-state index is 13.3. The average Bonchev–Trinajstić information content (AvgIpc) is 2.32. The van der Waals surface area contributed by atoms with Crippen molar-refractivity contribution in [1.82, 2.24) is 4.90 Å². The standard InChI is InChI=1S/C13H17FN2O2/c1-10-8-16(6-7-18-10)9-13(17)15-12-5-3-2-4-11(12)14/h2-5,10H,6-9H2,1H3,(H,15,17). The minimum Gasteiger partial charge on any atom is -0.376 e. The van der Waals surface area contributed by atoms with Crippen LogP contribution in [0.3, 0.4) is 0 Å². The number of amides is 1. The third-order valence-electron chi connectivity index (χ3n) is 2.84. The van der Waals surface area contributed by atoms with Gasteiger partial charge in [-0.15, -0.1) is 0 Å². The number of carbonyl (C=O) groups excluding carboxylic acids is 1. The van der Waals surface area contributed by atoms with Gasteiger partial charge in [-0.1, -0.05) is 12.1 Å². The molecule has 0 radical (unpaired) electrons. The zero-order chi connectivity index (χ0) is 13.0. The summed E-state index contributed by atoms with van der Waals surface area (Å²) in [5, 5.41) is 2.58. The summed E-state index contributed by atoms with van der Waals surface area (Å²) in [5.41, 5.74) is 0.226. The van der Waals surface area contributed by atoms with Gasteiger partial charge >= 0.3 is 0 Å². The van der Waals surface area contributed by atoms with Gasteiger partial charge in [-0.2, -0.15) is 0 Å². The second-order valence-electron chi connectivity index (χ2n) is 4.44.